The molecular formula is C7H13NO4. The van der Waals surface area contributed by atoms with Gasteiger partial charge in [-0.05, 0) is 13.3 Å². The Morgan fingerprint density at radius 2 is 2.08 bits per heavy atom. The normalized spacial score (nSPS) is 12.2. The molecule has 5 heteroatoms. The van der Waals surface area contributed by atoms with Gasteiger partial charge in [0.15, 0.2) is 0 Å². The molecule has 0 rings (SSSR count). The third-order valence-electron chi connectivity index (χ3n) is 1.31. The number of carbonyl (C=O) groups is 2. The molecule has 0 aromatic carbocycles. The number of carbonyl (C=O) groups excluding carboxylic acids is 1. The summed E-state index contributed by atoms with van der Waals surface area (Å²) in [5.41, 5.74) is 0. The number of carboxylic acid groups (broad SMARTS) is 1. The minimum Gasteiger partial charge on any atom is -0.480 e. The van der Waals surface area contributed by atoms with E-state index in [1.54, 1.807) is 0 Å². The molecule has 0 aromatic heterocycles. The molecule has 0 radical (unpaired) electrons. The zero-order valence-corrected chi connectivity index (χ0v) is 6.91. The highest BCUT2D eigenvalue weighted by Gasteiger charge is 2.12. The van der Waals surface area contributed by atoms with E-state index in [0.717, 1.165) is 0 Å². The smallest absolute Gasteiger partial charge is 0.325 e. The highest BCUT2D eigenvalue weighted by molar-refractivity contribution is 5.83. The number of amides is 1. The van der Waals surface area contributed by atoms with Crippen molar-refractivity contribution in [3.63, 3.8) is 0 Å². The molecule has 0 saturated heterocycles. The van der Waals surface area contributed by atoms with Crippen LogP contribution in [0.4, 0.5) is 0 Å². The van der Waals surface area contributed by atoms with E-state index in [9.17, 15) is 9.59 Å². The first-order valence-electron chi connectivity index (χ1n) is 3.71. The molecule has 0 aromatic rings. The van der Waals surface area contributed by atoms with Gasteiger partial charge in [-0.1, -0.05) is 0 Å². The summed E-state index contributed by atoms with van der Waals surface area (Å²) in [6, 6.07) is -0.865. The van der Waals surface area contributed by atoms with E-state index in [4.69, 9.17) is 10.2 Å². The van der Waals surface area contributed by atoms with Gasteiger partial charge in [-0.15, -0.1) is 0 Å². The van der Waals surface area contributed by atoms with Gasteiger partial charge in [0.25, 0.3) is 0 Å². The monoisotopic (exact) mass is 175 g/mol. The van der Waals surface area contributed by atoms with Gasteiger partial charge in [-0.25, -0.2) is 0 Å². The van der Waals surface area contributed by atoms with E-state index in [-0.39, 0.29) is 18.9 Å². The predicted octanol–water partition coefficient (Wildman–Crippen LogP) is -0.652. The maximum atomic E-state index is 10.8. The summed E-state index contributed by atoms with van der Waals surface area (Å²) in [6.07, 6.45) is 0.520. The fourth-order valence-electron chi connectivity index (χ4n) is 0.615. The van der Waals surface area contributed by atoms with Gasteiger partial charge in [-0.3, -0.25) is 9.59 Å². The molecule has 1 amide bonds. The summed E-state index contributed by atoms with van der Waals surface area (Å²) < 4.78 is 0. The molecule has 1 unspecified atom stereocenters. The zero-order valence-electron chi connectivity index (χ0n) is 6.91. The Hall–Kier alpha value is -1.10. The number of aliphatic hydroxyl groups is 1. The summed E-state index contributed by atoms with van der Waals surface area (Å²) >= 11 is 0. The van der Waals surface area contributed by atoms with Crippen LogP contribution in [-0.4, -0.2) is 34.7 Å². The Bertz CT molecular complexity index is 169. The predicted molar refractivity (Wildman–Crippen MR) is 41.6 cm³/mol. The molecule has 0 aliphatic heterocycles. The van der Waals surface area contributed by atoms with E-state index in [0.29, 0.717) is 6.42 Å². The number of rotatable bonds is 5. The second-order valence-electron chi connectivity index (χ2n) is 2.45. The lowest BCUT2D eigenvalue weighted by Gasteiger charge is -2.07. The van der Waals surface area contributed by atoms with Crippen molar-refractivity contribution in [2.75, 3.05) is 6.61 Å². The van der Waals surface area contributed by atoms with Crippen molar-refractivity contribution in [3.8, 4) is 0 Å². The molecule has 1 atom stereocenters. The maximum Gasteiger partial charge on any atom is 0.325 e. The third-order valence-corrected chi connectivity index (χ3v) is 1.31. The van der Waals surface area contributed by atoms with Gasteiger partial charge in [0.05, 0.1) is 0 Å². The summed E-state index contributed by atoms with van der Waals surface area (Å²) in [7, 11) is 0. The second kappa shape index (κ2) is 5.54. The summed E-state index contributed by atoms with van der Waals surface area (Å²) in [5, 5.41) is 19.0. The number of aliphatic hydroxyl groups excluding tert-OH is 1. The minimum absolute atomic E-state index is 0.0606. The minimum atomic E-state index is -1.06. The zero-order chi connectivity index (χ0) is 9.56. The van der Waals surface area contributed by atoms with Crippen LogP contribution in [0, 0.1) is 0 Å². The van der Waals surface area contributed by atoms with Crippen molar-refractivity contribution in [2.24, 2.45) is 0 Å². The van der Waals surface area contributed by atoms with Crippen molar-refractivity contribution in [3.05, 3.63) is 0 Å². The van der Waals surface area contributed by atoms with E-state index >= 15 is 0 Å². The van der Waals surface area contributed by atoms with E-state index in [1.807, 2.05) is 0 Å². The lowest BCUT2D eigenvalue weighted by molar-refractivity contribution is -0.141. The number of hydrogen-bond acceptors (Lipinski definition) is 3. The molecule has 0 bridgehead atoms. The Morgan fingerprint density at radius 3 is 2.50 bits per heavy atom. The highest BCUT2D eigenvalue weighted by Crippen LogP contribution is 1.89. The Morgan fingerprint density at radius 1 is 1.50 bits per heavy atom. The van der Waals surface area contributed by atoms with E-state index in [1.165, 1.54) is 6.92 Å². The molecule has 0 spiro atoms. The number of hydrogen-bond donors (Lipinski definition) is 3. The number of nitrogens with one attached hydrogen (secondary N) is 1. The van der Waals surface area contributed by atoms with Gasteiger partial charge >= 0.3 is 5.97 Å². The molecule has 70 valence electrons. The first-order valence-corrected chi connectivity index (χ1v) is 3.71. The summed E-state index contributed by atoms with van der Waals surface area (Å²) in [6.45, 7) is 1.33. The van der Waals surface area contributed by atoms with E-state index in [2.05, 4.69) is 5.32 Å². The SMILES string of the molecule is CC(NC(=O)CCCO)C(=O)O. The lowest BCUT2D eigenvalue weighted by Crippen LogP contribution is -2.38. The molecule has 0 heterocycles. The van der Waals surface area contributed by atoms with Crippen molar-refractivity contribution in [2.45, 2.75) is 25.8 Å². The van der Waals surface area contributed by atoms with Crippen LogP contribution in [0.3, 0.4) is 0 Å². The largest absolute Gasteiger partial charge is 0.480 e. The third kappa shape index (κ3) is 4.68. The molecule has 0 fully saturated rings. The fourth-order valence-corrected chi connectivity index (χ4v) is 0.615. The van der Waals surface area contributed by atoms with Crippen molar-refractivity contribution < 1.29 is 19.8 Å². The van der Waals surface area contributed by atoms with Gasteiger partial charge in [-0.2, -0.15) is 0 Å². The Labute approximate surface area is 70.4 Å². The molecule has 0 aliphatic rings. The van der Waals surface area contributed by atoms with Crippen molar-refractivity contribution in [1.29, 1.82) is 0 Å². The van der Waals surface area contributed by atoms with E-state index < -0.39 is 12.0 Å². The van der Waals surface area contributed by atoms with Gasteiger partial charge < -0.3 is 15.5 Å². The molecule has 12 heavy (non-hydrogen) atoms. The number of aliphatic carboxylic acids is 1. The summed E-state index contributed by atoms with van der Waals surface area (Å²) in [5.74, 6) is -1.41. The maximum absolute atomic E-state index is 10.8. The fraction of sp³-hybridized carbons (Fsp3) is 0.714. The van der Waals surface area contributed by atoms with Crippen LogP contribution in [0.2, 0.25) is 0 Å². The highest BCUT2D eigenvalue weighted by atomic mass is 16.4. The van der Waals surface area contributed by atoms with Crippen LogP contribution in [0.15, 0.2) is 0 Å². The van der Waals surface area contributed by atoms with Crippen LogP contribution in [-0.2, 0) is 9.59 Å². The standard InChI is InChI=1S/C7H13NO4/c1-5(7(11)12)8-6(10)3-2-4-9/h5,9H,2-4H2,1H3,(H,8,10)(H,11,12). The van der Waals surface area contributed by atoms with Crippen molar-refractivity contribution in [1.82, 2.24) is 5.32 Å². The Balaban J connectivity index is 3.61. The molecular weight excluding hydrogens is 162 g/mol. The second-order valence-corrected chi connectivity index (χ2v) is 2.45. The quantitative estimate of drug-likeness (QED) is 0.518. The van der Waals surface area contributed by atoms with Crippen molar-refractivity contribution >= 4 is 11.9 Å². The molecule has 0 aliphatic carbocycles. The van der Waals surface area contributed by atoms with Gasteiger partial charge in [0.2, 0.25) is 5.91 Å². The molecule has 3 N–H and O–H groups in total. The van der Waals surface area contributed by atoms with Crippen LogP contribution < -0.4 is 5.32 Å². The van der Waals surface area contributed by atoms with Crippen LogP contribution >= 0.6 is 0 Å². The van der Waals surface area contributed by atoms with Crippen LogP contribution in [0.5, 0.6) is 0 Å². The van der Waals surface area contributed by atoms with Crippen LogP contribution in [0.1, 0.15) is 19.8 Å². The first kappa shape index (κ1) is 10.9. The van der Waals surface area contributed by atoms with Gasteiger partial charge in [0.1, 0.15) is 6.04 Å². The average molecular weight is 175 g/mol. The van der Waals surface area contributed by atoms with Gasteiger partial charge in [0, 0.05) is 13.0 Å². The summed E-state index contributed by atoms with van der Waals surface area (Å²) in [4.78, 5) is 21.1. The number of carboxylic acids is 1. The molecule has 5 nitrogen and oxygen atoms in total. The average Bonchev–Trinajstić information content (AvgIpc) is 2.00. The first-order chi connectivity index (χ1) is 5.57. The Kier molecular flexibility index (Phi) is 5.03. The lowest BCUT2D eigenvalue weighted by atomic mass is 10.3. The van der Waals surface area contributed by atoms with Crippen LogP contribution in [0.25, 0.3) is 0 Å². The topological polar surface area (TPSA) is 86.6 Å². The molecule has 0 saturated carbocycles.